The van der Waals surface area contributed by atoms with Crippen molar-refractivity contribution in [3.05, 3.63) is 90.0 Å². The van der Waals surface area contributed by atoms with Gasteiger partial charge in [-0.25, -0.2) is 0 Å². The fraction of sp³-hybridized carbons (Fsp3) is 0.280. The van der Waals surface area contributed by atoms with Crippen LogP contribution in [0.15, 0.2) is 78.9 Å². The molecule has 3 nitrogen and oxygen atoms in total. The molecule has 0 heterocycles. The molecule has 0 saturated carbocycles. The summed E-state index contributed by atoms with van der Waals surface area (Å²) in [5, 5.41) is 3.44. The molecule has 0 fully saturated rings. The second-order valence-electron chi connectivity index (χ2n) is 7.33. The molecular formula is C25H29NO2. The van der Waals surface area contributed by atoms with E-state index in [-0.39, 0.29) is 0 Å². The highest BCUT2D eigenvalue weighted by atomic mass is 16.5. The van der Waals surface area contributed by atoms with Crippen LogP contribution in [-0.2, 0) is 13.2 Å². The third kappa shape index (κ3) is 6.66. The van der Waals surface area contributed by atoms with E-state index in [9.17, 15) is 0 Å². The van der Waals surface area contributed by atoms with Crippen molar-refractivity contribution >= 4 is 5.69 Å². The highest BCUT2D eigenvalue weighted by molar-refractivity contribution is 5.47. The highest BCUT2D eigenvalue weighted by Gasteiger charge is 2.00. The zero-order chi connectivity index (χ0) is 19.6. The summed E-state index contributed by atoms with van der Waals surface area (Å²) in [6.07, 6.45) is 1.08. The molecule has 3 aromatic carbocycles. The van der Waals surface area contributed by atoms with Crippen LogP contribution in [0.5, 0.6) is 11.5 Å². The summed E-state index contributed by atoms with van der Waals surface area (Å²) in [6, 6.07) is 26.6. The topological polar surface area (TPSA) is 30.5 Å². The summed E-state index contributed by atoms with van der Waals surface area (Å²) in [7, 11) is 0. The Morgan fingerprint density at radius 2 is 1.36 bits per heavy atom. The fourth-order valence-electron chi connectivity index (χ4n) is 2.73. The summed E-state index contributed by atoms with van der Waals surface area (Å²) in [5.74, 6) is 2.47. The van der Waals surface area contributed by atoms with Crippen molar-refractivity contribution in [2.24, 2.45) is 5.92 Å². The van der Waals surface area contributed by atoms with E-state index >= 15 is 0 Å². The van der Waals surface area contributed by atoms with Crippen LogP contribution in [0.3, 0.4) is 0 Å². The van der Waals surface area contributed by atoms with Crippen molar-refractivity contribution in [3.63, 3.8) is 0 Å². The standard InChI is InChI=1S/C25H29NO2/c1-20(2)16-17-27-24-12-8-21(9-13-24)18-26-23-10-14-25(15-11-23)28-19-22-6-4-3-5-7-22/h3-15,20,26H,16-19H2,1-2H3. The van der Waals surface area contributed by atoms with E-state index in [4.69, 9.17) is 9.47 Å². The van der Waals surface area contributed by atoms with Gasteiger partial charge in [0.2, 0.25) is 0 Å². The number of benzene rings is 3. The van der Waals surface area contributed by atoms with E-state index in [0.29, 0.717) is 12.5 Å². The van der Waals surface area contributed by atoms with Gasteiger partial charge in [0, 0.05) is 12.2 Å². The monoisotopic (exact) mass is 375 g/mol. The van der Waals surface area contributed by atoms with Crippen LogP contribution in [-0.4, -0.2) is 6.61 Å². The van der Waals surface area contributed by atoms with E-state index < -0.39 is 0 Å². The summed E-state index contributed by atoms with van der Waals surface area (Å²) in [6.45, 7) is 6.55. The Kier molecular flexibility index (Phi) is 7.36. The number of rotatable bonds is 10. The lowest BCUT2D eigenvalue weighted by molar-refractivity contribution is 0.289. The zero-order valence-corrected chi connectivity index (χ0v) is 16.7. The largest absolute Gasteiger partial charge is 0.494 e. The van der Waals surface area contributed by atoms with E-state index in [1.54, 1.807) is 0 Å². The Balaban J connectivity index is 1.43. The zero-order valence-electron chi connectivity index (χ0n) is 16.7. The molecule has 3 rings (SSSR count). The number of anilines is 1. The smallest absolute Gasteiger partial charge is 0.119 e. The van der Waals surface area contributed by atoms with Gasteiger partial charge in [0.15, 0.2) is 0 Å². The van der Waals surface area contributed by atoms with Gasteiger partial charge in [-0.1, -0.05) is 56.3 Å². The van der Waals surface area contributed by atoms with E-state index in [1.807, 2.05) is 54.6 Å². The van der Waals surface area contributed by atoms with Gasteiger partial charge in [0.05, 0.1) is 6.61 Å². The number of nitrogens with one attached hydrogen (secondary N) is 1. The molecule has 0 saturated heterocycles. The molecule has 0 aromatic heterocycles. The molecule has 0 aliphatic rings. The van der Waals surface area contributed by atoms with E-state index in [0.717, 1.165) is 36.8 Å². The summed E-state index contributed by atoms with van der Waals surface area (Å²) >= 11 is 0. The number of ether oxygens (including phenoxy) is 2. The lowest BCUT2D eigenvalue weighted by Gasteiger charge is -2.11. The molecule has 28 heavy (non-hydrogen) atoms. The summed E-state index contributed by atoms with van der Waals surface area (Å²) in [4.78, 5) is 0. The average Bonchev–Trinajstić information content (AvgIpc) is 2.73. The van der Waals surface area contributed by atoms with Crippen molar-refractivity contribution in [2.45, 2.75) is 33.4 Å². The van der Waals surface area contributed by atoms with Gasteiger partial charge in [0.25, 0.3) is 0 Å². The molecular weight excluding hydrogens is 346 g/mol. The number of hydrogen-bond acceptors (Lipinski definition) is 3. The molecule has 0 bridgehead atoms. The highest BCUT2D eigenvalue weighted by Crippen LogP contribution is 2.19. The Morgan fingerprint density at radius 3 is 2.04 bits per heavy atom. The first-order valence-corrected chi connectivity index (χ1v) is 9.91. The Bertz CT molecular complexity index is 811. The lowest BCUT2D eigenvalue weighted by atomic mass is 10.1. The Morgan fingerprint density at radius 1 is 0.714 bits per heavy atom. The molecule has 3 aromatic rings. The third-order valence-electron chi connectivity index (χ3n) is 4.49. The Hall–Kier alpha value is -2.94. The van der Waals surface area contributed by atoms with E-state index in [1.165, 1.54) is 11.1 Å². The van der Waals surface area contributed by atoms with Gasteiger partial charge in [0.1, 0.15) is 18.1 Å². The van der Waals surface area contributed by atoms with Crippen LogP contribution in [0.1, 0.15) is 31.4 Å². The van der Waals surface area contributed by atoms with Gasteiger partial charge < -0.3 is 14.8 Å². The van der Waals surface area contributed by atoms with Crippen LogP contribution in [0, 0.1) is 5.92 Å². The first-order valence-electron chi connectivity index (χ1n) is 9.91. The molecule has 0 atom stereocenters. The summed E-state index contributed by atoms with van der Waals surface area (Å²) in [5.41, 5.74) is 3.46. The lowest BCUT2D eigenvalue weighted by Crippen LogP contribution is -2.02. The van der Waals surface area contributed by atoms with Crippen LogP contribution in [0.4, 0.5) is 5.69 Å². The maximum Gasteiger partial charge on any atom is 0.119 e. The molecule has 146 valence electrons. The van der Waals surface area contributed by atoms with Crippen LogP contribution >= 0.6 is 0 Å². The second kappa shape index (κ2) is 10.4. The quantitative estimate of drug-likeness (QED) is 0.451. The molecule has 3 heteroatoms. The molecule has 0 spiro atoms. The first-order chi connectivity index (χ1) is 13.7. The second-order valence-corrected chi connectivity index (χ2v) is 7.33. The third-order valence-corrected chi connectivity index (χ3v) is 4.49. The molecule has 0 unspecified atom stereocenters. The van der Waals surface area contributed by atoms with Gasteiger partial charge in [-0.15, -0.1) is 0 Å². The predicted molar refractivity (Wildman–Crippen MR) is 116 cm³/mol. The van der Waals surface area contributed by atoms with Crippen LogP contribution in [0.2, 0.25) is 0 Å². The van der Waals surface area contributed by atoms with Gasteiger partial charge in [-0.3, -0.25) is 0 Å². The molecule has 0 amide bonds. The minimum atomic E-state index is 0.583. The molecule has 0 radical (unpaired) electrons. The van der Waals surface area contributed by atoms with Crippen molar-refractivity contribution < 1.29 is 9.47 Å². The maximum atomic E-state index is 5.83. The molecule has 1 N–H and O–H groups in total. The summed E-state index contributed by atoms with van der Waals surface area (Å²) < 4.78 is 11.6. The minimum absolute atomic E-state index is 0.583. The molecule has 0 aliphatic heterocycles. The van der Waals surface area contributed by atoms with Crippen molar-refractivity contribution in [1.29, 1.82) is 0 Å². The van der Waals surface area contributed by atoms with Gasteiger partial charge in [-0.05, 0) is 59.9 Å². The minimum Gasteiger partial charge on any atom is -0.494 e. The fourth-order valence-corrected chi connectivity index (χ4v) is 2.73. The van der Waals surface area contributed by atoms with Crippen LogP contribution < -0.4 is 14.8 Å². The SMILES string of the molecule is CC(C)CCOc1ccc(CNc2ccc(OCc3ccccc3)cc2)cc1. The van der Waals surface area contributed by atoms with Crippen molar-refractivity contribution in [3.8, 4) is 11.5 Å². The van der Waals surface area contributed by atoms with Crippen molar-refractivity contribution in [2.75, 3.05) is 11.9 Å². The van der Waals surface area contributed by atoms with Crippen LogP contribution in [0.25, 0.3) is 0 Å². The first kappa shape index (κ1) is 19.8. The Labute approximate surface area is 168 Å². The van der Waals surface area contributed by atoms with Gasteiger partial charge in [-0.2, -0.15) is 0 Å². The van der Waals surface area contributed by atoms with Crippen molar-refractivity contribution in [1.82, 2.24) is 0 Å². The number of hydrogen-bond donors (Lipinski definition) is 1. The predicted octanol–water partition coefficient (Wildman–Crippen LogP) is 6.30. The normalized spacial score (nSPS) is 10.7. The average molecular weight is 376 g/mol. The van der Waals surface area contributed by atoms with Gasteiger partial charge >= 0.3 is 0 Å². The molecule has 0 aliphatic carbocycles. The maximum absolute atomic E-state index is 5.83. The van der Waals surface area contributed by atoms with E-state index in [2.05, 4.69) is 43.4 Å².